The third-order valence-corrected chi connectivity index (χ3v) is 2.11. The van der Waals surface area contributed by atoms with Crippen molar-refractivity contribution in [2.24, 2.45) is 11.7 Å². The third-order valence-electron chi connectivity index (χ3n) is 1.90. The van der Waals surface area contributed by atoms with Crippen molar-refractivity contribution in [3.63, 3.8) is 0 Å². The largest absolute Gasteiger partial charge is 0.475 e. The molecule has 0 saturated carbocycles. The molecule has 0 fully saturated rings. The first-order valence-electron chi connectivity index (χ1n) is 5.57. The summed E-state index contributed by atoms with van der Waals surface area (Å²) in [5.41, 5.74) is 6.05. The fraction of sp³-hybridized carbons (Fsp3) is 0.500. The molecule has 0 aromatic carbocycles. The molecule has 1 heterocycles. The van der Waals surface area contributed by atoms with E-state index in [2.05, 4.69) is 18.8 Å². The molecule has 1 aromatic rings. The summed E-state index contributed by atoms with van der Waals surface area (Å²) in [5.74, 6) is 1.05. The smallest absolute Gasteiger partial charge is 0.213 e. The Hall–Kier alpha value is -1.20. The lowest BCUT2D eigenvalue weighted by molar-refractivity contribution is 0.0806. The minimum atomic E-state index is 0.270. The summed E-state index contributed by atoms with van der Waals surface area (Å²) >= 11 is 4.84. The zero-order chi connectivity index (χ0) is 12.7. The number of nitrogens with two attached hydrogens (primary N) is 1. The number of nitrogens with zero attached hydrogens (tertiary/aromatic N) is 1. The van der Waals surface area contributed by atoms with E-state index >= 15 is 0 Å². The number of pyridine rings is 1. The minimum absolute atomic E-state index is 0.270. The van der Waals surface area contributed by atoms with Crippen molar-refractivity contribution in [3.05, 3.63) is 23.9 Å². The number of aromatic nitrogens is 1. The van der Waals surface area contributed by atoms with Gasteiger partial charge >= 0.3 is 0 Å². The van der Waals surface area contributed by atoms with Crippen molar-refractivity contribution < 1.29 is 9.47 Å². The molecule has 4 nitrogen and oxygen atoms in total. The second kappa shape index (κ2) is 7.19. The number of rotatable bonds is 7. The van der Waals surface area contributed by atoms with Crippen LogP contribution in [0.1, 0.15) is 19.5 Å². The molecule has 94 valence electrons. The highest BCUT2D eigenvalue weighted by molar-refractivity contribution is 7.80. The van der Waals surface area contributed by atoms with Crippen molar-refractivity contribution in [1.82, 2.24) is 4.98 Å². The van der Waals surface area contributed by atoms with Crippen LogP contribution in [-0.4, -0.2) is 29.8 Å². The molecule has 0 bridgehead atoms. The van der Waals surface area contributed by atoms with E-state index in [4.69, 9.17) is 27.4 Å². The highest BCUT2D eigenvalue weighted by Gasteiger charge is 2.01. The lowest BCUT2D eigenvalue weighted by atomic mass is 10.2. The summed E-state index contributed by atoms with van der Waals surface area (Å²) in [5, 5.41) is 0. The Morgan fingerprint density at radius 3 is 2.82 bits per heavy atom. The van der Waals surface area contributed by atoms with Crippen LogP contribution in [0, 0.1) is 5.92 Å². The standard InChI is InChI=1S/C12H18N2O2S/c1-9(2)8-15-6-7-16-11-5-3-4-10(14-11)12(13)17/h3-5,9H,6-8H2,1-2H3,(H2,13,17). The average Bonchev–Trinajstić information content (AvgIpc) is 2.28. The highest BCUT2D eigenvalue weighted by Crippen LogP contribution is 2.07. The molecular weight excluding hydrogens is 236 g/mol. The van der Waals surface area contributed by atoms with Crippen LogP contribution >= 0.6 is 12.2 Å². The summed E-state index contributed by atoms with van der Waals surface area (Å²) in [6.07, 6.45) is 0. The molecule has 0 spiro atoms. The Balaban J connectivity index is 2.31. The van der Waals surface area contributed by atoms with Crippen LogP contribution in [0.3, 0.4) is 0 Å². The predicted molar refractivity (Wildman–Crippen MR) is 71.3 cm³/mol. The predicted octanol–water partition coefficient (Wildman–Crippen LogP) is 1.77. The lowest BCUT2D eigenvalue weighted by Gasteiger charge is -2.08. The van der Waals surface area contributed by atoms with Gasteiger partial charge in [-0.2, -0.15) is 0 Å². The van der Waals surface area contributed by atoms with E-state index in [0.717, 1.165) is 6.61 Å². The van der Waals surface area contributed by atoms with Gasteiger partial charge in [0.2, 0.25) is 5.88 Å². The number of hydrogen-bond acceptors (Lipinski definition) is 4. The molecule has 0 unspecified atom stereocenters. The van der Waals surface area contributed by atoms with E-state index in [9.17, 15) is 0 Å². The maximum atomic E-state index is 5.48. The van der Waals surface area contributed by atoms with E-state index in [-0.39, 0.29) is 4.99 Å². The topological polar surface area (TPSA) is 57.4 Å². The zero-order valence-corrected chi connectivity index (χ0v) is 11.0. The Kier molecular flexibility index (Phi) is 5.86. The monoisotopic (exact) mass is 254 g/mol. The Bertz CT molecular complexity index is 369. The van der Waals surface area contributed by atoms with Crippen molar-refractivity contribution in [2.75, 3.05) is 19.8 Å². The van der Waals surface area contributed by atoms with Gasteiger partial charge in [0, 0.05) is 12.7 Å². The van der Waals surface area contributed by atoms with Gasteiger partial charge in [-0.25, -0.2) is 4.98 Å². The summed E-state index contributed by atoms with van der Waals surface area (Å²) < 4.78 is 10.8. The van der Waals surface area contributed by atoms with Gasteiger partial charge < -0.3 is 15.2 Å². The molecule has 0 aliphatic heterocycles. The quantitative estimate of drug-likeness (QED) is 0.593. The van der Waals surface area contributed by atoms with Crippen LogP contribution in [0.25, 0.3) is 0 Å². The molecule has 0 atom stereocenters. The van der Waals surface area contributed by atoms with Crippen LogP contribution in [0.5, 0.6) is 5.88 Å². The Morgan fingerprint density at radius 2 is 2.18 bits per heavy atom. The summed E-state index contributed by atoms with van der Waals surface area (Å²) in [7, 11) is 0. The second-order valence-electron chi connectivity index (χ2n) is 4.04. The first kappa shape index (κ1) is 13.9. The van der Waals surface area contributed by atoms with E-state index in [0.29, 0.717) is 30.7 Å². The molecule has 0 amide bonds. The van der Waals surface area contributed by atoms with Crippen molar-refractivity contribution in [1.29, 1.82) is 0 Å². The van der Waals surface area contributed by atoms with Crippen molar-refractivity contribution >= 4 is 17.2 Å². The molecular formula is C12H18N2O2S. The molecule has 17 heavy (non-hydrogen) atoms. The molecule has 0 aliphatic carbocycles. The molecule has 0 aliphatic rings. The van der Waals surface area contributed by atoms with Gasteiger partial charge in [0.15, 0.2) is 0 Å². The number of hydrogen-bond donors (Lipinski definition) is 1. The Morgan fingerprint density at radius 1 is 1.41 bits per heavy atom. The van der Waals surface area contributed by atoms with Crippen molar-refractivity contribution in [2.45, 2.75) is 13.8 Å². The molecule has 2 N–H and O–H groups in total. The summed E-state index contributed by atoms with van der Waals surface area (Å²) in [6.45, 7) is 5.98. The van der Waals surface area contributed by atoms with Crippen LogP contribution in [0.2, 0.25) is 0 Å². The van der Waals surface area contributed by atoms with Crippen molar-refractivity contribution in [3.8, 4) is 5.88 Å². The fourth-order valence-electron chi connectivity index (χ4n) is 1.16. The first-order valence-corrected chi connectivity index (χ1v) is 5.98. The normalized spacial score (nSPS) is 10.5. The first-order chi connectivity index (χ1) is 8.09. The number of thiocarbonyl (C=S) groups is 1. The molecule has 0 saturated heterocycles. The van der Waals surface area contributed by atoms with E-state index in [1.54, 1.807) is 12.1 Å². The zero-order valence-electron chi connectivity index (χ0n) is 10.2. The van der Waals surface area contributed by atoms with Gasteiger partial charge in [0.1, 0.15) is 17.3 Å². The number of ether oxygens (including phenoxy) is 2. The van der Waals surface area contributed by atoms with Gasteiger partial charge in [0.05, 0.1) is 6.61 Å². The van der Waals surface area contributed by atoms with Crippen LogP contribution in [-0.2, 0) is 4.74 Å². The van der Waals surface area contributed by atoms with Crippen LogP contribution in [0.4, 0.5) is 0 Å². The lowest BCUT2D eigenvalue weighted by Crippen LogP contribution is -2.13. The highest BCUT2D eigenvalue weighted by atomic mass is 32.1. The van der Waals surface area contributed by atoms with Gasteiger partial charge in [-0.1, -0.05) is 32.1 Å². The van der Waals surface area contributed by atoms with Crippen LogP contribution in [0.15, 0.2) is 18.2 Å². The van der Waals surface area contributed by atoms with Crippen LogP contribution < -0.4 is 10.5 Å². The van der Waals surface area contributed by atoms with E-state index < -0.39 is 0 Å². The van der Waals surface area contributed by atoms with Gasteiger partial charge in [-0.05, 0) is 12.0 Å². The molecule has 1 aromatic heterocycles. The summed E-state index contributed by atoms with van der Waals surface area (Å²) in [6, 6.07) is 5.33. The van der Waals surface area contributed by atoms with E-state index in [1.165, 1.54) is 0 Å². The average molecular weight is 254 g/mol. The maximum absolute atomic E-state index is 5.48. The summed E-state index contributed by atoms with van der Waals surface area (Å²) in [4.78, 5) is 4.43. The fourth-order valence-corrected chi connectivity index (χ4v) is 1.27. The Labute approximate surface area is 107 Å². The molecule has 5 heteroatoms. The third kappa shape index (κ3) is 5.60. The van der Waals surface area contributed by atoms with E-state index in [1.807, 2.05) is 6.07 Å². The maximum Gasteiger partial charge on any atom is 0.213 e. The SMILES string of the molecule is CC(C)COCCOc1cccc(C(N)=S)n1. The van der Waals surface area contributed by atoms with Gasteiger partial charge in [-0.15, -0.1) is 0 Å². The molecule has 0 radical (unpaired) electrons. The van der Waals surface area contributed by atoms with Gasteiger partial charge in [-0.3, -0.25) is 0 Å². The minimum Gasteiger partial charge on any atom is -0.475 e. The van der Waals surface area contributed by atoms with Gasteiger partial charge in [0.25, 0.3) is 0 Å². The second-order valence-corrected chi connectivity index (χ2v) is 4.48. The molecule has 1 rings (SSSR count).